The van der Waals surface area contributed by atoms with Gasteiger partial charge in [-0.25, -0.2) is 0 Å². The molecule has 0 rings (SSSR count). The van der Waals surface area contributed by atoms with E-state index >= 15 is 0 Å². The zero-order valence-corrected chi connectivity index (χ0v) is 23.0. The summed E-state index contributed by atoms with van der Waals surface area (Å²) in [6.45, 7) is 20.0. The van der Waals surface area contributed by atoms with Gasteiger partial charge in [-0.15, -0.1) is 0 Å². The predicted molar refractivity (Wildman–Crippen MR) is 139 cm³/mol. The first-order valence-electron chi connectivity index (χ1n) is 12.9. The number of ether oxygens (including phenoxy) is 5. The van der Waals surface area contributed by atoms with Crippen molar-refractivity contribution in [2.45, 2.75) is 93.4 Å². The van der Waals surface area contributed by atoms with Gasteiger partial charge >= 0.3 is 0 Å². The molecule has 0 aromatic heterocycles. The standard InChI is InChI=1S/C13H27NO4.C9H20O.2C2H6/c1-3-5-15-6-7-16-8-9-17-10-11-18-12-13(14)4-2;1-3-4-5-6-7-8-9-10-2;2*1-2/h4H,3,5-12,14H2,1-2H3;3-9H2,1-2H3;2*1-2H3/b13-4-;;;. The first kappa shape index (κ1) is 38.6. The van der Waals surface area contributed by atoms with Crippen LogP contribution in [0.15, 0.2) is 11.8 Å². The summed E-state index contributed by atoms with van der Waals surface area (Å²) in [7, 11) is 1.77. The number of methoxy groups -OCH3 is 1. The fourth-order valence-electron chi connectivity index (χ4n) is 2.10. The fraction of sp³-hybridized carbons (Fsp3) is 0.923. The van der Waals surface area contributed by atoms with Gasteiger partial charge in [-0.2, -0.15) is 0 Å². The molecule has 198 valence electrons. The summed E-state index contributed by atoms with van der Waals surface area (Å²) in [5.41, 5.74) is 6.31. The quantitative estimate of drug-likeness (QED) is 0.211. The molecule has 0 spiro atoms. The van der Waals surface area contributed by atoms with Gasteiger partial charge in [-0.05, 0) is 19.8 Å². The van der Waals surface area contributed by atoms with Gasteiger partial charge in [0.15, 0.2) is 0 Å². The summed E-state index contributed by atoms with van der Waals surface area (Å²) in [5, 5.41) is 0. The van der Waals surface area contributed by atoms with Crippen LogP contribution in [0.5, 0.6) is 0 Å². The Morgan fingerprint density at radius 3 is 1.47 bits per heavy atom. The highest BCUT2D eigenvalue weighted by molar-refractivity contribution is 4.93. The van der Waals surface area contributed by atoms with E-state index in [1.165, 1.54) is 38.5 Å². The second-order valence-corrected chi connectivity index (χ2v) is 6.51. The Hall–Kier alpha value is -0.660. The Morgan fingerprint density at radius 1 is 0.594 bits per heavy atom. The van der Waals surface area contributed by atoms with Crippen LogP contribution < -0.4 is 5.73 Å². The largest absolute Gasteiger partial charge is 0.400 e. The Morgan fingerprint density at radius 2 is 1.03 bits per heavy atom. The molecular weight excluding hydrogens is 406 g/mol. The number of rotatable bonds is 20. The van der Waals surface area contributed by atoms with Crippen LogP contribution in [0.2, 0.25) is 0 Å². The molecule has 0 aliphatic rings. The van der Waals surface area contributed by atoms with E-state index in [1.807, 2.05) is 40.7 Å². The molecule has 0 radical (unpaired) electrons. The minimum Gasteiger partial charge on any atom is -0.400 e. The number of hydrogen-bond acceptors (Lipinski definition) is 6. The monoisotopic (exact) mass is 465 g/mol. The van der Waals surface area contributed by atoms with Gasteiger partial charge < -0.3 is 29.4 Å². The van der Waals surface area contributed by atoms with E-state index in [0.29, 0.717) is 46.2 Å². The third-order valence-electron chi connectivity index (χ3n) is 3.81. The summed E-state index contributed by atoms with van der Waals surface area (Å²) in [4.78, 5) is 0. The molecule has 32 heavy (non-hydrogen) atoms. The highest BCUT2D eigenvalue weighted by atomic mass is 16.6. The molecule has 0 aliphatic carbocycles. The third-order valence-corrected chi connectivity index (χ3v) is 3.81. The van der Waals surface area contributed by atoms with Crippen LogP contribution in [-0.4, -0.2) is 66.6 Å². The lowest BCUT2D eigenvalue weighted by atomic mass is 10.1. The molecule has 0 atom stereocenters. The van der Waals surface area contributed by atoms with Gasteiger partial charge in [-0.3, -0.25) is 0 Å². The second-order valence-electron chi connectivity index (χ2n) is 6.51. The molecule has 0 aliphatic heterocycles. The van der Waals surface area contributed by atoms with Crippen LogP contribution in [0.1, 0.15) is 93.4 Å². The molecule has 0 saturated carbocycles. The van der Waals surface area contributed by atoms with Gasteiger partial charge in [0.25, 0.3) is 0 Å². The van der Waals surface area contributed by atoms with E-state index in [2.05, 4.69) is 13.8 Å². The Bertz CT molecular complexity index is 294. The topological polar surface area (TPSA) is 72.2 Å². The summed E-state index contributed by atoms with van der Waals surface area (Å²) in [6, 6.07) is 0. The number of hydrogen-bond donors (Lipinski definition) is 1. The molecular formula is C26H59NO5. The molecule has 0 aromatic carbocycles. The lowest BCUT2D eigenvalue weighted by Gasteiger charge is -2.07. The average molecular weight is 466 g/mol. The lowest BCUT2D eigenvalue weighted by molar-refractivity contribution is 0.000412. The lowest BCUT2D eigenvalue weighted by Crippen LogP contribution is -2.13. The van der Waals surface area contributed by atoms with Crippen molar-refractivity contribution in [3.63, 3.8) is 0 Å². The van der Waals surface area contributed by atoms with Gasteiger partial charge in [-0.1, -0.05) is 79.7 Å². The van der Waals surface area contributed by atoms with E-state index in [9.17, 15) is 0 Å². The predicted octanol–water partition coefficient (Wildman–Crippen LogP) is 6.37. The van der Waals surface area contributed by atoms with Crippen molar-refractivity contribution < 1.29 is 23.7 Å². The van der Waals surface area contributed by atoms with Gasteiger partial charge in [0.05, 0.1) is 46.2 Å². The SMILES string of the molecule is C/C=C(\N)COCCOCCOCCOCCC.CC.CC.CCCCCCCCOC. The first-order chi connectivity index (χ1) is 15.7. The second kappa shape index (κ2) is 44.1. The van der Waals surface area contributed by atoms with Gasteiger partial charge in [0.1, 0.15) is 0 Å². The Balaban J connectivity index is -0.000000237. The molecule has 0 unspecified atom stereocenters. The van der Waals surface area contributed by atoms with E-state index in [4.69, 9.17) is 29.4 Å². The normalized spacial score (nSPS) is 10.3. The van der Waals surface area contributed by atoms with Crippen LogP contribution in [0.4, 0.5) is 0 Å². The van der Waals surface area contributed by atoms with Crippen molar-refractivity contribution in [2.75, 3.05) is 66.6 Å². The molecule has 2 N–H and O–H groups in total. The molecule has 0 amide bonds. The molecule has 6 heteroatoms. The van der Waals surface area contributed by atoms with Gasteiger partial charge in [0, 0.05) is 26.0 Å². The summed E-state index contributed by atoms with van der Waals surface area (Å²) < 4.78 is 26.1. The average Bonchev–Trinajstić information content (AvgIpc) is 2.84. The van der Waals surface area contributed by atoms with E-state index in [-0.39, 0.29) is 0 Å². The molecule has 6 nitrogen and oxygen atoms in total. The number of unbranched alkanes of at least 4 members (excludes halogenated alkanes) is 5. The zero-order valence-electron chi connectivity index (χ0n) is 23.0. The van der Waals surface area contributed by atoms with Crippen molar-refractivity contribution in [1.82, 2.24) is 0 Å². The van der Waals surface area contributed by atoms with Crippen LogP contribution >= 0.6 is 0 Å². The summed E-state index contributed by atoms with van der Waals surface area (Å²) in [6.07, 6.45) is 11.0. The van der Waals surface area contributed by atoms with Crippen molar-refractivity contribution in [3.05, 3.63) is 11.8 Å². The van der Waals surface area contributed by atoms with Crippen LogP contribution in [0.25, 0.3) is 0 Å². The smallest absolute Gasteiger partial charge is 0.0858 e. The van der Waals surface area contributed by atoms with Crippen molar-refractivity contribution >= 4 is 0 Å². The Labute approximate surface area is 201 Å². The van der Waals surface area contributed by atoms with Crippen LogP contribution in [0.3, 0.4) is 0 Å². The maximum absolute atomic E-state index is 5.57. The molecule has 0 bridgehead atoms. The maximum Gasteiger partial charge on any atom is 0.0858 e. The van der Waals surface area contributed by atoms with E-state index in [1.54, 1.807) is 7.11 Å². The van der Waals surface area contributed by atoms with E-state index < -0.39 is 0 Å². The molecule has 0 aromatic rings. The van der Waals surface area contributed by atoms with E-state index in [0.717, 1.165) is 25.3 Å². The van der Waals surface area contributed by atoms with Crippen LogP contribution in [-0.2, 0) is 23.7 Å². The van der Waals surface area contributed by atoms with Crippen molar-refractivity contribution in [1.29, 1.82) is 0 Å². The number of nitrogens with two attached hydrogens (primary N) is 1. The first-order valence-corrected chi connectivity index (χ1v) is 12.9. The number of allylic oxidation sites excluding steroid dienone is 1. The minimum atomic E-state index is 0.463. The highest BCUT2D eigenvalue weighted by Gasteiger charge is 1.93. The van der Waals surface area contributed by atoms with Crippen molar-refractivity contribution in [3.8, 4) is 0 Å². The summed E-state index contributed by atoms with van der Waals surface area (Å²) >= 11 is 0. The van der Waals surface area contributed by atoms with Crippen LogP contribution in [0, 0.1) is 0 Å². The summed E-state index contributed by atoms with van der Waals surface area (Å²) in [5.74, 6) is 0. The Kier molecular flexibility index (Phi) is 53.2. The molecule has 0 saturated heterocycles. The molecule has 0 heterocycles. The zero-order chi connectivity index (χ0) is 25.1. The maximum atomic E-state index is 5.57. The minimum absolute atomic E-state index is 0.463. The third kappa shape index (κ3) is 47.2. The highest BCUT2D eigenvalue weighted by Crippen LogP contribution is 2.04. The van der Waals surface area contributed by atoms with Crippen molar-refractivity contribution in [2.24, 2.45) is 5.73 Å². The van der Waals surface area contributed by atoms with Gasteiger partial charge in [0.2, 0.25) is 0 Å². The molecule has 0 fully saturated rings. The fourth-order valence-corrected chi connectivity index (χ4v) is 2.10.